The fraction of sp³-hybridized carbons (Fsp3) is 0.174. The lowest BCUT2D eigenvalue weighted by molar-refractivity contribution is -0.114. The van der Waals surface area contributed by atoms with Crippen LogP contribution in [0.15, 0.2) is 82.6 Å². The molecule has 0 aromatic heterocycles. The van der Waals surface area contributed by atoms with Gasteiger partial charge in [-0.3, -0.25) is 9.10 Å². The van der Waals surface area contributed by atoms with Gasteiger partial charge in [-0.2, -0.15) is 0 Å². The zero-order valence-electron chi connectivity index (χ0n) is 17.6. The monoisotopic (exact) mass is 582 g/mol. The maximum atomic E-state index is 13.5. The number of carbonyl (C=O) groups excluding carboxylic acids is 1. The Labute approximate surface area is 206 Å². The number of anilines is 2. The van der Waals surface area contributed by atoms with Crippen LogP contribution in [0.3, 0.4) is 0 Å². The number of benzene rings is 3. The van der Waals surface area contributed by atoms with Gasteiger partial charge in [0, 0.05) is 14.2 Å². The second-order valence-corrected chi connectivity index (χ2v) is 10.7. The van der Waals surface area contributed by atoms with Gasteiger partial charge in [0.1, 0.15) is 12.3 Å². The molecule has 9 heteroatoms. The molecular weight excluding hydrogens is 559 g/mol. The molecule has 0 bridgehead atoms. The van der Waals surface area contributed by atoms with Gasteiger partial charge >= 0.3 is 0 Å². The minimum absolute atomic E-state index is 0.117. The highest BCUT2D eigenvalue weighted by atomic mass is 127. The van der Waals surface area contributed by atoms with Gasteiger partial charge in [-0.25, -0.2) is 8.42 Å². The molecule has 0 aliphatic heterocycles. The average Bonchev–Trinajstić information content (AvgIpc) is 2.80. The van der Waals surface area contributed by atoms with Gasteiger partial charge in [-0.05, 0) is 109 Å². The van der Waals surface area contributed by atoms with Gasteiger partial charge in [0.15, 0.2) is 0 Å². The van der Waals surface area contributed by atoms with Crippen molar-refractivity contribution in [3.63, 3.8) is 0 Å². The lowest BCUT2D eigenvalue weighted by Crippen LogP contribution is -2.38. The SMILES string of the molecule is CCOc1ccc(N(CC(=O)Nc2ccc(I)cc2)S(=O)(=O)c2ccc(SC)cc2)cc1. The largest absolute Gasteiger partial charge is 0.494 e. The summed E-state index contributed by atoms with van der Waals surface area (Å²) in [6.07, 6.45) is 1.92. The standard InChI is InChI=1S/C23H23IN2O4S2/c1-3-30-20-10-8-19(9-11-20)26(16-23(27)25-18-6-4-17(24)5-7-18)32(28,29)22-14-12-21(31-2)13-15-22/h4-15H,3,16H2,1-2H3,(H,25,27). The molecule has 6 nitrogen and oxygen atoms in total. The Morgan fingerprint density at radius 3 is 2.19 bits per heavy atom. The summed E-state index contributed by atoms with van der Waals surface area (Å²) in [6.45, 7) is 2.01. The summed E-state index contributed by atoms with van der Waals surface area (Å²) in [4.78, 5) is 13.9. The zero-order chi connectivity index (χ0) is 23.1. The molecule has 3 rings (SSSR count). The van der Waals surface area contributed by atoms with Crippen LogP contribution in [0, 0.1) is 3.57 Å². The summed E-state index contributed by atoms with van der Waals surface area (Å²) in [6, 6.07) is 20.5. The molecular formula is C23H23IN2O4S2. The van der Waals surface area contributed by atoms with E-state index in [0.29, 0.717) is 23.7 Å². The molecule has 0 heterocycles. The Bertz CT molecular complexity index is 1150. The van der Waals surface area contributed by atoms with Crippen molar-refractivity contribution in [3.05, 3.63) is 76.4 Å². The van der Waals surface area contributed by atoms with Crippen LogP contribution in [0.5, 0.6) is 5.75 Å². The van der Waals surface area contributed by atoms with Crippen LogP contribution in [-0.2, 0) is 14.8 Å². The van der Waals surface area contributed by atoms with Crippen molar-refractivity contribution in [3.8, 4) is 5.75 Å². The van der Waals surface area contributed by atoms with E-state index in [2.05, 4.69) is 27.9 Å². The van der Waals surface area contributed by atoms with Crippen LogP contribution >= 0.6 is 34.4 Å². The summed E-state index contributed by atoms with van der Waals surface area (Å²) in [7, 11) is -3.98. The highest BCUT2D eigenvalue weighted by molar-refractivity contribution is 14.1. The normalized spacial score (nSPS) is 11.1. The van der Waals surface area contributed by atoms with E-state index in [0.717, 1.165) is 12.8 Å². The highest BCUT2D eigenvalue weighted by Crippen LogP contribution is 2.27. The van der Waals surface area contributed by atoms with Crippen LogP contribution in [0.1, 0.15) is 6.92 Å². The molecule has 0 saturated carbocycles. The molecule has 168 valence electrons. The van der Waals surface area contributed by atoms with Crippen LogP contribution in [0.4, 0.5) is 11.4 Å². The quantitative estimate of drug-likeness (QED) is 0.276. The van der Waals surface area contributed by atoms with Crippen molar-refractivity contribution < 1.29 is 17.9 Å². The van der Waals surface area contributed by atoms with E-state index in [1.807, 2.05) is 25.3 Å². The van der Waals surface area contributed by atoms with Crippen molar-refractivity contribution in [2.45, 2.75) is 16.7 Å². The molecule has 0 aliphatic carbocycles. The minimum atomic E-state index is -3.98. The topological polar surface area (TPSA) is 75.7 Å². The molecule has 0 unspecified atom stereocenters. The number of thioether (sulfide) groups is 1. The number of hydrogen-bond donors (Lipinski definition) is 1. The van der Waals surface area contributed by atoms with E-state index in [1.54, 1.807) is 60.7 Å². The third-order valence-electron chi connectivity index (χ3n) is 4.50. The second kappa shape index (κ2) is 11.1. The number of halogens is 1. The molecule has 1 amide bonds. The molecule has 0 saturated heterocycles. The smallest absolute Gasteiger partial charge is 0.264 e. The van der Waals surface area contributed by atoms with Gasteiger partial charge in [0.2, 0.25) is 5.91 Å². The molecule has 0 radical (unpaired) electrons. The molecule has 0 aliphatic rings. The fourth-order valence-corrected chi connectivity index (χ4v) is 5.12. The number of sulfonamides is 1. The Morgan fingerprint density at radius 2 is 1.62 bits per heavy atom. The lowest BCUT2D eigenvalue weighted by atomic mass is 10.3. The van der Waals surface area contributed by atoms with Gasteiger partial charge < -0.3 is 10.1 Å². The molecule has 0 fully saturated rings. The Balaban J connectivity index is 1.92. The maximum Gasteiger partial charge on any atom is 0.264 e. The zero-order valence-corrected chi connectivity index (χ0v) is 21.4. The highest BCUT2D eigenvalue weighted by Gasteiger charge is 2.27. The van der Waals surface area contributed by atoms with Crippen molar-refractivity contribution in [2.24, 2.45) is 0 Å². The maximum absolute atomic E-state index is 13.5. The minimum Gasteiger partial charge on any atom is -0.494 e. The molecule has 0 spiro atoms. The third-order valence-corrected chi connectivity index (χ3v) is 7.75. The van der Waals surface area contributed by atoms with Crippen molar-refractivity contribution >= 4 is 61.7 Å². The fourth-order valence-electron chi connectivity index (χ4n) is 2.93. The summed E-state index contributed by atoms with van der Waals surface area (Å²) >= 11 is 3.70. The second-order valence-electron chi connectivity index (χ2n) is 6.67. The van der Waals surface area contributed by atoms with Crippen LogP contribution in [0.25, 0.3) is 0 Å². The first-order chi connectivity index (χ1) is 15.3. The van der Waals surface area contributed by atoms with Gasteiger partial charge in [-0.15, -0.1) is 11.8 Å². The first-order valence-electron chi connectivity index (χ1n) is 9.78. The summed E-state index contributed by atoms with van der Waals surface area (Å²) < 4.78 is 34.6. The molecule has 1 N–H and O–H groups in total. The van der Waals surface area contributed by atoms with Crippen LogP contribution < -0.4 is 14.4 Å². The molecule has 0 atom stereocenters. The lowest BCUT2D eigenvalue weighted by Gasteiger charge is -2.24. The van der Waals surface area contributed by atoms with E-state index in [1.165, 1.54) is 11.8 Å². The Kier molecular flexibility index (Phi) is 8.44. The molecule has 32 heavy (non-hydrogen) atoms. The summed E-state index contributed by atoms with van der Waals surface area (Å²) in [5.74, 6) is 0.186. The van der Waals surface area contributed by atoms with Gasteiger partial charge in [0.25, 0.3) is 10.0 Å². The van der Waals surface area contributed by atoms with E-state index < -0.39 is 15.9 Å². The predicted octanol–water partition coefficient (Wildman–Crippen LogP) is 5.25. The molecule has 3 aromatic rings. The first-order valence-corrected chi connectivity index (χ1v) is 13.5. The van der Waals surface area contributed by atoms with Crippen molar-refractivity contribution in [1.82, 2.24) is 0 Å². The number of rotatable bonds is 9. The number of ether oxygens (including phenoxy) is 1. The average molecular weight is 582 g/mol. The number of hydrogen-bond acceptors (Lipinski definition) is 5. The Morgan fingerprint density at radius 1 is 1.00 bits per heavy atom. The van der Waals surface area contributed by atoms with Gasteiger partial charge in [0.05, 0.1) is 17.2 Å². The number of amides is 1. The van der Waals surface area contributed by atoms with Crippen LogP contribution in [-0.4, -0.2) is 33.7 Å². The van der Waals surface area contributed by atoms with Crippen LogP contribution in [0.2, 0.25) is 0 Å². The van der Waals surface area contributed by atoms with Crippen molar-refractivity contribution in [1.29, 1.82) is 0 Å². The Hall–Kier alpha value is -2.24. The third kappa shape index (κ3) is 6.17. The first kappa shape index (κ1) is 24.4. The van der Waals surface area contributed by atoms with E-state index in [9.17, 15) is 13.2 Å². The number of nitrogens with zero attached hydrogens (tertiary/aromatic N) is 1. The van der Waals surface area contributed by atoms with E-state index in [-0.39, 0.29) is 11.4 Å². The summed E-state index contributed by atoms with van der Waals surface area (Å²) in [5, 5.41) is 2.77. The number of nitrogens with one attached hydrogen (secondary N) is 1. The van der Waals surface area contributed by atoms with Crippen molar-refractivity contribution in [2.75, 3.05) is 29.0 Å². The number of carbonyl (C=O) groups is 1. The predicted molar refractivity (Wildman–Crippen MR) is 138 cm³/mol. The van der Waals surface area contributed by atoms with Gasteiger partial charge in [-0.1, -0.05) is 0 Å². The van der Waals surface area contributed by atoms with E-state index in [4.69, 9.17) is 4.74 Å². The van der Waals surface area contributed by atoms with E-state index >= 15 is 0 Å². The summed E-state index contributed by atoms with van der Waals surface area (Å²) in [5.41, 5.74) is 0.976. The molecule has 3 aromatic carbocycles.